The van der Waals surface area contributed by atoms with Gasteiger partial charge in [0, 0.05) is 31.5 Å². The summed E-state index contributed by atoms with van der Waals surface area (Å²) in [5.74, 6) is 1.21. The minimum Gasteiger partial charge on any atom is -0.333 e. The van der Waals surface area contributed by atoms with Crippen LogP contribution in [0.1, 0.15) is 26.1 Å². The lowest BCUT2D eigenvalue weighted by atomic mass is 10.2. The van der Waals surface area contributed by atoms with Crippen LogP contribution in [0.2, 0.25) is 0 Å². The molecule has 0 bridgehead atoms. The van der Waals surface area contributed by atoms with Crippen LogP contribution in [-0.4, -0.2) is 40.1 Å². The second kappa shape index (κ2) is 5.46. The van der Waals surface area contributed by atoms with Crippen LogP contribution in [0, 0.1) is 0 Å². The molecule has 0 fully saturated rings. The van der Waals surface area contributed by atoms with Gasteiger partial charge in [-0.1, -0.05) is 6.92 Å². The molecule has 4 nitrogen and oxygen atoms in total. The van der Waals surface area contributed by atoms with Gasteiger partial charge in [0.25, 0.3) is 0 Å². The smallest absolute Gasteiger partial charge is 0.122 e. The van der Waals surface area contributed by atoms with Crippen molar-refractivity contribution in [2.75, 3.05) is 19.6 Å². The molecule has 1 N–H and O–H groups in total. The SMILES string of the molecule is CCNCCC(C)N1CCn2ccnc2C1. The van der Waals surface area contributed by atoms with Crippen molar-refractivity contribution in [1.82, 2.24) is 19.8 Å². The lowest BCUT2D eigenvalue weighted by Crippen LogP contribution is -2.40. The summed E-state index contributed by atoms with van der Waals surface area (Å²) in [4.78, 5) is 6.92. The number of hydrogen-bond donors (Lipinski definition) is 1. The molecule has 0 radical (unpaired) electrons. The molecule has 0 aliphatic carbocycles. The monoisotopic (exact) mass is 222 g/mol. The van der Waals surface area contributed by atoms with Crippen LogP contribution in [0.4, 0.5) is 0 Å². The highest BCUT2D eigenvalue weighted by atomic mass is 15.2. The number of hydrogen-bond acceptors (Lipinski definition) is 3. The van der Waals surface area contributed by atoms with Crippen molar-refractivity contribution in [2.24, 2.45) is 0 Å². The summed E-state index contributed by atoms with van der Waals surface area (Å²) in [6.45, 7) is 9.88. The summed E-state index contributed by atoms with van der Waals surface area (Å²) in [6, 6.07) is 0.643. The van der Waals surface area contributed by atoms with E-state index < -0.39 is 0 Å². The fourth-order valence-electron chi connectivity index (χ4n) is 2.24. The van der Waals surface area contributed by atoms with Crippen molar-refractivity contribution in [3.05, 3.63) is 18.2 Å². The number of nitrogens with zero attached hydrogens (tertiary/aromatic N) is 3. The van der Waals surface area contributed by atoms with E-state index >= 15 is 0 Å². The van der Waals surface area contributed by atoms with Crippen LogP contribution in [0.3, 0.4) is 0 Å². The highest BCUT2D eigenvalue weighted by molar-refractivity contribution is 4.96. The maximum Gasteiger partial charge on any atom is 0.122 e. The molecule has 1 aromatic heterocycles. The first-order valence-electron chi connectivity index (χ1n) is 6.26. The van der Waals surface area contributed by atoms with Crippen molar-refractivity contribution in [3.63, 3.8) is 0 Å². The van der Waals surface area contributed by atoms with Crippen LogP contribution < -0.4 is 5.32 Å². The van der Waals surface area contributed by atoms with Gasteiger partial charge in [-0.3, -0.25) is 4.90 Å². The van der Waals surface area contributed by atoms with Gasteiger partial charge in [-0.2, -0.15) is 0 Å². The molecule has 90 valence electrons. The second-order valence-corrected chi connectivity index (χ2v) is 4.50. The van der Waals surface area contributed by atoms with Crippen LogP contribution >= 0.6 is 0 Å². The number of nitrogens with one attached hydrogen (secondary N) is 1. The quantitative estimate of drug-likeness (QED) is 0.757. The summed E-state index contributed by atoms with van der Waals surface area (Å²) in [5, 5.41) is 3.38. The Morgan fingerprint density at radius 3 is 3.19 bits per heavy atom. The molecule has 2 rings (SSSR count). The largest absolute Gasteiger partial charge is 0.333 e. The van der Waals surface area contributed by atoms with E-state index in [9.17, 15) is 0 Å². The average Bonchev–Trinajstić information content (AvgIpc) is 2.76. The molecule has 0 saturated carbocycles. The molecule has 0 aromatic carbocycles. The molecular weight excluding hydrogens is 200 g/mol. The number of imidazole rings is 1. The van der Waals surface area contributed by atoms with E-state index in [2.05, 4.69) is 39.8 Å². The van der Waals surface area contributed by atoms with Crippen molar-refractivity contribution in [3.8, 4) is 0 Å². The van der Waals surface area contributed by atoms with Gasteiger partial charge in [0.15, 0.2) is 0 Å². The zero-order chi connectivity index (χ0) is 11.4. The zero-order valence-corrected chi connectivity index (χ0v) is 10.3. The van der Waals surface area contributed by atoms with E-state index in [0.29, 0.717) is 6.04 Å². The summed E-state index contributed by atoms with van der Waals surface area (Å²) in [5.41, 5.74) is 0. The van der Waals surface area contributed by atoms with Gasteiger partial charge in [-0.15, -0.1) is 0 Å². The van der Waals surface area contributed by atoms with Crippen LogP contribution in [0.15, 0.2) is 12.4 Å². The Balaban J connectivity index is 1.83. The maximum absolute atomic E-state index is 4.39. The molecule has 1 unspecified atom stereocenters. The Hall–Kier alpha value is -0.870. The van der Waals surface area contributed by atoms with Crippen molar-refractivity contribution in [2.45, 2.75) is 39.4 Å². The molecule has 1 aliphatic heterocycles. The molecule has 16 heavy (non-hydrogen) atoms. The normalized spacial score (nSPS) is 18.4. The molecule has 1 atom stereocenters. The van der Waals surface area contributed by atoms with Gasteiger partial charge in [-0.05, 0) is 26.4 Å². The van der Waals surface area contributed by atoms with E-state index in [1.54, 1.807) is 0 Å². The Morgan fingerprint density at radius 1 is 1.50 bits per heavy atom. The number of aromatic nitrogens is 2. The first-order chi connectivity index (χ1) is 7.81. The predicted molar refractivity (Wildman–Crippen MR) is 65.3 cm³/mol. The molecule has 0 saturated heterocycles. The summed E-state index contributed by atoms with van der Waals surface area (Å²) in [7, 11) is 0. The molecule has 1 aromatic rings. The van der Waals surface area contributed by atoms with Crippen LogP contribution in [0.25, 0.3) is 0 Å². The molecular formula is C12H22N4. The van der Waals surface area contributed by atoms with Gasteiger partial charge in [0.1, 0.15) is 5.82 Å². The van der Waals surface area contributed by atoms with E-state index in [1.165, 1.54) is 12.2 Å². The predicted octanol–water partition coefficient (Wildman–Crippen LogP) is 1.09. The first kappa shape index (κ1) is 11.6. The van der Waals surface area contributed by atoms with Gasteiger partial charge >= 0.3 is 0 Å². The minimum atomic E-state index is 0.643. The molecule has 4 heteroatoms. The van der Waals surface area contributed by atoms with E-state index in [-0.39, 0.29) is 0 Å². The molecule has 0 amide bonds. The standard InChI is InChI=1S/C12H22N4/c1-3-13-5-4-11(2)16-9-8-15-7-6-14-12(15)10-16/h6-7,11,13H,3-5,8-10H2,1-2H3. The van der Waals surface area contributed by atoms with Gasteiger partial charge < -0.3 is 9.88 Å². The topological polar surface area (TPSA) is 33.1 Å². The third-order valence-electron chi connectivity index (χ3n) is 3.39. The lowest BCUT2D eigenvalue weighted by molar-refractivity contribution is 0.155. The van der Waals surface area contributed by atoms with Crippen LogP contribution in [-0.2, 0) is 13.1 Å². The summed E-state index contributed by atoms with van der Waals surface area (Å²) in [6.07, 6.45) is 5.20. The van der Waals surface area contributed by atoms with Crippen LogP contribution in [0.5, 0.6) is 0 Å². The van der Waals surface area contributed by atoms with E-state index in [1.807, 2.05) is 6.20 Å². The van der Waals surface area contributed by atoms with Gasteiger partial charge in [0.05, 0.1) is 6.54 Å². The van der Waals surface area contributed by atoms with Crippen molar-refractivity contribution < 1.29 is 0 Å². The van der Waals surface area contributed by atoms with E-state index in [0.717, 1.165) is 32.7 Å². The highest BCUT2D eigenvalue weighted by Crippen LogP contribution is 2.14. The van der Waals surface area contributed by atoms with Crippen molar-refractivity contribution in [1.29, 1.82) is 0 Å². The fraction of sp³-hybridized carbons (Fsp3) is 0.750. The van der Waals surface area contributed by atoms with Crippen molar-refractivity contribution >= 4 is 0 Å². The van der Waals surface area contributed by atoms with Gasteiger partial charge in [-0.25, -0.2) is 4.98 Å². The number of rotatable bonds is 5. The lowest BCUT2D eigenvalue weighted by Gasteiger charge is -2.32. The minimum absolute atomic E-state index is 0.643. The Morgan fingerprint density at radius 2 is 2.38 bits per heavy atom. The molecule has 1 aliphatic rings. The maximum atomic E-state index is 4.39. The average molecular weight is 222 g/mol. The third-order valence-corrected chi connectivity index (χ3v) is 3.39. The Labute approximate surface area is 97.7 Å². The highest BCUT2D eigenvalue weighted by Gasteiger charge is 2.20. The second-order valence-electron chi connectivity index (χ2n) is 4.50. The third kappa shape index (κ3) is 2.62. The van der Waals surface area contributed by atoms with E-state index in [4.69, 9.17) is 0 Å². The Kier molecular flexibility index (Phi) is 3.96. The summed E-state index contributed by atoms with van der Waals surface area (Å²) >= 11 is 0. The summed E-state index contributed by atoms with van der Waals surface area (Å²) < 4.78 is 2.26. The number of fused-ring (bicyclic) bond motifs is 1. The molecule has 0 spiro atoms. The first-order valence-corrected chi connectivity index (χ1v) is 6.26. The zero-order valence-electron chi connectivity index (χ0n) is 10.3. The van der Waals surface area contributed by atoms with Gasteiger partial charge in [0.2, 0.25) is 0 Å². The molecule has 2 heterocycles. The Bertz CT molecular complexity index is 321. The fourth-order valence-corrected chi connectivity index (χ4v) is 2.24.